The summed E-state index contributed by atoms with van der Waals surface area (Å²) in [6.07, 6.45) is -7.40. The highest BCUT2D eigenvalue weighted by atomic mass is 19.4. The van der Waals surface area contributed by atoms with Gasteiger partial charge in [-0.3, -0.25) is 4.98 Å². The summed E-state index contributed by atoms with van der Waals surface area (Å²) >= 11 is 0. The third-order valence-electron chi connectivity index (χ3n) is 4.04. The number of halogens is 7. The fourth-order valence-electron chi connectivity index (χ4n) is 2.54. The molecule has 2 aromatic rings. The zero-order valence-electron chi connectivity index (χ0n) is 12.7. The van der Waals surface area contributed by atoms with Crippen molar-refractivity contribution in [1.82, 2.24) is 4.98 Å². The van der Waals surface area contributed by atoms with Crippen molar-refractivity contribution in [2.45, 2.75) is 23.8 Å². The largest absolute Gasteiger partial charge is 0.418 e. The first kappa shape index (κ1) is 18.6. The molecule has 2 heterocycles. The standard InChI is InChI=1S/C16H10F7NO2/c17-9-2-3-10(11(18)5-9)14(7-26-14)15(19,20)12-4-1-8(6-24-12)13(25)16(21,22)23/h1-6,13,25H,7H2. The van der Waals surface area contributed by atoms with Gasteiger partial charge < -0.3 is 9.84 Å². The number of rotatable bonds is 4. The number of alkyl halides is 5. The average Bonchev–Trinajstić information content (AvgIpc) is 3.35. The minimum atomic E-state index is -4.98. The van der Waals surface area contributed by atoms with Crippen LogP contribution in [0.5, 0.6) is 0 Å². The highest BCUT2D eigenvalue weighted by Gasteiger charge is 2.68. The molecule has 1 saturated heterocycles. The molecule has 1 aliphatic heterocycles. The zero-order chi connectivity index (χ0) is 19.3. The number of benzene rings is 1. The van der Waals surface area contributed by atoms with Crippen LogP contribution in [-0.2, 0) is 16.3 Å². The van der Waals surface area contributed by atoms with Gasteiger partial charge in [-0.2, -0.15) is 22.0 Å². The number of ether oxygens (including phenoxy) is 1. The molecule has 1 aliphatic rings. The number of hydrogen-bond acceptors (Lipinski definition) is 3. The Morgan fingerprint density at radius 3 is 2.19 bits per heavy atom. The van der Waals surface area contributed by atoms with Crippen LogP contribution in [-0.4, -0.2) is 22.9 Å². The molecule has 1 N–H and O–H groups in total. The van der Waals surface area contributed by atoms with Gasteiger partial charge in [0.25, 0.3) is 0 Å². The minimum absolute atomic E-state index is 0.422. The van der Waals surface area contributed by atoms with E-state index in [4.69, 9.17) is 9.84 Å². The lowest BCUT2D eigenvalue weighted by Gasteiger charge is -2.24. The lowest BCUT2D eigenvalue weighted by molar-refractivity contribution is -0.206. The average molecular weight is 381 g/mol. The van der Waals surface area contributed by atoms with Gasteiger partial charge in [0.2, 0.25) is 0 Å². The van der Waals surface area contributed by atoms with Crippen LogP contribution in [0.4, 0.5) is 30.7 Å². The van der Waals surface area contributed by atoms with Crippen LogP contribution >= 0.6 is 0 Å². The third kappa shape index (κ3) is 2.92. The molecule has 0 aliphatic carbocycles. The van der Waals surface area contributed by atoms with Crippen LogP contribution in [0.2, 0.25) is 0 Å². The lowest BCUT2D eigenvalue weighted by Crippen LogP contribution is -2.34. The Morgan fingerprint density at radius 2 is 1.73 bits per heavy atom. The summed E-state index contributed by atoms with van der Waals surface area (Å²) in [4.78, 5) is 3.28. The van der Waals surface area contributed by atoms with Crippen LogP contribution in [0.25, 0.3) is 0 Å². The van der Waals surface area contributed by atoms with E-state index in [2.05, 4.69) is 4.98 Å². The highest BCUT2D eigenvalue weighted by Crippen LogP contribution is 2.56. The van der Waals surface area contributed by atoms with Gasteiger partial charge >= 0.3 is 12.1 Å². The molecule has 0 amide bonds. The predicted octanol–water partition coefficient (Wildman–Crippen LogP) is 3.97. The Labute approximate surface area is 142 Å². The number of epoxide rings is 1. The SMILES string of the molecule is OC(c1ccc(C(F)(F)C2(c3ccc(F)cc3F)CO2)nc1)C(F)(F)F. The predicted molar refractivity (Wildman–Crippen MR) is 73.1 cm³/mol. The van der Waals surface area contributed by atoms with Crippen molar-refractivity contribution in [1.29, 1.82) is 0 Å². The normalized spacial score (nSPS) is 21.5. The van der Waals surface area contributed by atoms with E-state index in [1.54, 1.807) is 0 Å². The molecule has 3 nitrogen and oxygen atoms in total. The maximum atomic E-state index is 14.8. The fourth-order valence-corrected chi connectivity index (χ4v) is 2.54. The van der Waals surface area contributed by atoms with Crippen LogP contribution in [0.1, 0.15) is 22.9 Å². The number of aliphatic hydroxyl groups excluding tert-OH is 1. The molecule has 2 unspecified atom stereocenters. The monoisotopic (exact) mass is 381 g/mol. The Hall–Kier alpha value is -2.20. The van der Waals surface area contributed by atoms with Gasteiger partial charge in [-0.15, -0.1) is 0 Å². The summed E-state index contributed by atoms with van der Waals surface area (Å²) in [5.74, 6) is -6.12. The number of nitrogens with zero attached hydrogens (tertiary/aromatic N) is 1. The maximum Gasteiger partial charge on any atom is 0.418 e. The van der Waals surface area contributed by atoms with Crippen LogP contribution in [0.3, 0.4) is 0 Å². The summed E-state index contributed by atoms with van der Waals surface area (Å²) in [6.45, 7) is -0.586. The Kier molecular flexibility index (Phi) is 4.23. The molecule has 3 rings (SSSR count). The van der Waals surface area contributed by atoms with Crippen molar-refractivity contribution in [3.63, 3.8) is 0 Å². The van der Waals surface area contributed by atoms with Crippen molar-refractivity contribution in [2.75, 3.05) is 6.61 Å². The van der Waals surface area contributed by atoms with Gasteiger partial charge in [0, 0.05) is 23.4 Å². The fraction of sp³-hybridized carbons (Fsp3) is 0.312. The molecule has 1 aromatic carbocycles. The minimum Gasteiger partial charge on any atom is -0.379 e. The van der Waals surface area contributed by atoms with Crippen molar-refractivity contribution in [3.8, 4) is 0 Å². The quantitative estimate of drug-likeness (QED) is 0.644. The van der Waals surface area contributed by atoms with Crippen LogP contribution < -0.4 is 0 Å². The van der Waals surface area contributed by atoms with Gasteiger partial charge in [0.15, 0.2) is 11.7 Å². The van der Waals surface area contributed by atoms with Crippen molar-refractivity contribution < 1.29 is 40.6 Å². The molecular formula is C16H10F7NO2. The van der Waals surface area contributed by atoms with Crippen LogP contribution in [0, 0.1) is 11.6 Å². The molecular weight excluding hydrogens is 371 g/mol. The summed E-state index contributed by atoms with van der Waals surface area (Å²) in [6, 6.07) is 3.26. The Morgan fingerprint density at radius 1 is 1.08 bits per heavy atom. The smallest absolute Gasteiger partial charge is 0.379 e. The van der Waals surface area contributed by atoms with Gasteiger partial charge in [0.1, 0.15) is 17.3 Å². The van der Waals surface area contributed by atoms with Gasteiger partial charge in [-0.1, -0.05) is 6.07 Å². The molecule has 2 atom stereocenters. The van der Waals surface area contributed by atoms with Gasteiger partial charge in [0.05, 0.1) is 6.61 Å². The molecule has 0 saturated carbocycles. The second kappa shape index (κ2) is 5.92. The van der Waals surface area contributed by atoms with Gasteiger partial charge in [-0.25, -0.2) is 8.78 Å². The van der Waals surface area contributed by atoms with Crippen molar-refractivity contribution >= 4 is 0 Å². The second-order valence-corrected chi connectivity index (χ2v) is 5.74. The van der Waals surface area contributed by atoms with Crippen molar-refractivity contribution in [3.05, 3.63) is 65.0 Å². The maximum absolute atomic E-state index is 14.8. The molecule has 10 heteroatoms. The third-order valence-corrected chi connectivity index (χ3v) is 4.04. The zero-order valence-corrected chi connectivity index (χ0v) is 12.7. The second-order valence-electron chi connectivity index (χ2n) is 5.74. The van der Waals surface area contributed by atoms with Crippen LogP contribution in [0.15, 0.2) is 36.5 Å². The first-order chi connectivity index (χ1) is 12.0. The lowest BCUT2D eigenvalue weighted by atomic mass is 9.90. The number of aliphatic hydroxyl groups is 1. The molecule has 1 fully saturated rings. The first-order valence-corrected chi connectivity index (χ1v) is 7.17. The van der Waals surface area contributed by atoms with Crippen molar-refractivity contribution in [2.24, 2.45) is 0 Å². The number of pyridine rings is 1. The van der Waals surface area contributed by atoms with E-state index < -0.39 is 58.9 Å². The summed E-state index contributed by atoms with van der Waals surface area (Å²) in [5, 5.41) is 9.10. The van der Waals surface area contributed by atoms with E-state index in [0.29, 0.717) is 24.4 Å². The molecule has 0 radical (unpaired) electrons. The number of aromatic nitrogens is 1. The topological polar surface area (TPSA) is 45.6 Å². The van der Waals surface area contributed by atoms with E-state index in [0.717, 1.165) is 12.1 Å². The Bertz CT molecular complexity index is 816. The summed E-state index contributed by atoms with van der Waals surface area (Å²) in [7, 11) is 0. The molecule has 0 spiro atoms. The van der Waals surface area contributed by atoms with E-state index in [-0.39, 0.29) is 0 Å². The number of hydrogen-bond donors (Lipinski definition) is 1. The first-order valence-electron chi connectivity index (χ1n) is 7.17. The molecule has 140 valence electrons. The molecule has 0 bridgehead atoms. The summed E-state index contributed by atoms with van der Waals surface area (Å²) in [5.41, 5.74) is -4.72. The Balaban J connectivity index is 1.95. The van der Waals surface area contributed by atoms with E-state index in [1.165, 1.54) is 0 Å². The highest BCUT2D eigenvalue weighted by molar-refractivity contribution is 5.35. The van der Waals surface area contributed by atoms with E-state index in [9.17, 15) is 30.7 Å². The van der Waals surface area contributed by atoms with Gasteiger partial charge in [-0.05, 0) is 18.2 Å². The molecule has 1 aromatic heterocycles. The summed E-state index contributed by atoms with van der Waals surface area (Å²) < 4.78 is 98.6. The molecule has 26 heavy (non-hydrogen) atoms. The van der Waals surface area contributed by atoms with E-state index >= 15 is 0 Å². The van der Waals surface area contributed by atoms with E-state index in [1.807, 2.05) is 0 Å².